The van der Waals surface area contributed by atoms with E-state index in [1.54, 1.807) is 20.8 Å². The van der Waals surface area contributed by atoms with Gasteiger partial charge >= 0.3 is 5.69 Å². The number of carbonyl (C=O) groups is 1. The van der Waals surface area contributed by atoms with Crippen molar-refractivity contribution in [2.45, 2.75) is 26.8 Å². The van der Waals surface area contributed by atoms with E-state index in [1.165, 1.54) is 24.7 Å². The van der Waals surface area contributed by atoms with Crippen LogP contribution in [0, 0.1) is 18.8 Å². The largest absolute Gasteiger partial charge is 0.329 e. The van der Waals surface area contributed by atoms with Gasteiger partial charge in [-0.25, -0.2) is 14.3 Å². The molecule has 3 heterocycles. The molecule has 0 saturated heterocycles. The van der Waals surface area contributed by atoms with Crippen LogP contribution in [-0.4, -0.2) is 25.4 Å². The summed E-state index contributed by atoms with van der Waals surface area (Å²) in [5.74, 6) is -1.73. The SMILES string of the molecule is Cc1cncc2[nH]c(=O)n(C(C(=O)Nc3ccnc(F)c3)C(C)C)c(=O)c12. The zero-order valence-electron chi connectivity index (χ0n) is 15.0. The minimum absolute atomic E-state index is 0.184. The molecule has 0 aliphatic carbocycles. The number of aromatic amines is 1. The summed E-state index contributed by atoms with van der Waals surface area (Å²) in [6, 6.07) is 1.38. The highest BCUT2D eigenvalue weighted by atomic mass is 19.1. The number of aromatic nitrogens is 4. The lowest BCUT2D eigenvalue weighted by Crippen LogP contribution is -2.44. The zero-order chi connectivity index (χ0) is 19.7. The first-order valence-corrected chi connectivity index (χ1v) is 8.31. The molecular weight excluding hydrogens is 353 g/mol. The molecule has 8 nitrogen and oxygen atoms in total. The molecule has 0 aliphatic rings. The maximum atomic E-state index is 13.3. The van der Waals surface area contributed by atoms with Crippen molar-refractivity contribution in [3.63, 3.8) is 0 Å². The predicted octanol–water partition coefficient (Wildman–Crippen LogP) is 1.76. The second kappa shape index (κ2) is 7.10. The highest BCUT2D eigenvalue weighted by molar-refractivity contribution is 5.94. The summed E-state index contributed by atoms with van der Waals surface area (Å²) in [6.07, 6.45) is 4.11. The Kier molecular flexibility index (Phi) is 4.85. The minimum atomic E-state index is -1.09. The average Bonchev–Trinajstić information content (AvgIpc) is 2.57. The first-order chi connectivity index (χ1) is 12.8. The number of nitrogens with zero attached hydrogens (tertiary/aromatic N) is 3. The van der Waals surface area contributed by atoms with E-state index in [9.17, 15) is 18.8 Å². The second-order valence-corrected chi connectivity index (χ2v) is 6.53. The van der Waals surface area contributed by atoms with Gasteiger partial charge in [0.25, 0.3) is 5.56 Å². The third-order valence-corrected chi connectivity index (χ3v) is 4.20. The minimum Gasteiger partial charge on any atom is -0.324 e. The number of pyridine rings is 2. The molecule has 1 amide bonds. The Labute approximate surface area is 153 Å². The summed E-state index contributed by atoms with van der Waals surface area (Å²) in [5, 5.41) is 2.83. The van der Waals surface area contributed by atoms with Crippen LogP contribution in [0.1, 0.15) is 25.5 Å². The molecule has 0 radical (unpaired) electrons. The van der Waals surface area contributed by atoms with Crippen molar-refractivity contribution in [2.24, 2.45) is 5.92 Å². The smallest absolute Gasteiger partial charge is 0.324 e. The van der Waals surface area contributed by atoms with Crippen molar-refractivity contribution in [1.29, 1.82) is 0 Å². The molecule has 9 heteroatoms. The second-order valence-electron chi connectivity index (χ2n) is 6.53. The van der Waals surface area contributed by atoms with E-state index < -0.39 is 29.1 Å². The third-order valence-electron chi connectivity index (χ3n) is 4.20. The molecule has 3 aromatic heterocycles. The van der Waals surface area contributed by atoms with E-state index in [-0.39, 0.29) is 17.0 Å². The highest BCUT2D eigenvalue weighted by Gasteiger charge is 2.28. The van der Waals surface area contributed by atoms with Gasteiger partial charge in [0.1, 0.15) is 6.04 Å². The molecule has 1 atom stereocenters. The number of anilines is 1. The van der Waals surface area contributed by atoms with Crippen LogP contribution in [0.15, 0.2) is 40.3 Å². The number of carbonyl (C=O) groups excluding carboxylic acids is 1. The maximum absolute atomic E-state index is 13.3. The van der Waals surface area contributed by atoms with E-state index in [4.69, 9.17) is 0 Å². The van der Waals surface area contributed by atoms with Gasteiger partial charge in [0.2, 0.25) is 11.9 Å². The summed E-state index contributed by atoms with van der Waals surface area (Å²) in [7, 11) is 0. The maximum Gasteiger partial charge on any atom is 0.329 e. The molecular formula is C18H18FN5O3. The topological polar surface area (TPSA) is 110 Å². The van der Waals surface area contributed by atoms with Crippen LogP contribution in [0.3, 0.4) is 0 Å². The normalized spacial score (nSPS) is 12.3. The van der Waals surface area contributed by atoms with Crippen molar-refractivity contribution in [2.75, 3.05) is 5.32 Å². The molecule has 0 saturated carbocycles. The lowest BCUT2D eigenvalue weighted by atomic mass is 10.0. The van der Waals surface area contributed by atoms with Crippen molar-refractivity contribution in [1.82, 2.24) is 19.5 Å². The van der Waals surface area contributed by atoms with Crippen LogP contribution in [0.5, 0.6) is 0 Å². The monoisotopic (exact) mass is 371 g/mol. The Bertz CT molecular complexity index is 1140. The van der Waals surface area contributed by atoms with E-state index in [2.05, 4.69) is 20.3 Å². The van der Waals surface area contributed by atoms with E-state index in [1.807, 2.05) is 0 Å². The Balaban J connectivity index is 2.13. The van der Waals surface area contributed by atoms with E-state index in [0.717, 1.165) is 10.6 Å². The first-order valence-electron chi connectivity index (χ1n) is 8.31. The van der Waals surface area contributed by atoms with Crippen LogP contribution in [0.4, 0.5) is 10.1 Å². The summed E-state index contributed by atoms with van der Waals surface area (Å²) < 4.78 is 14.2. The van der Waals surface area contributed by atoms with Crippen molar-refractivity contribution < 1.29 is 9.18 Å². The first kappa shape index (κ1) is 18.4. The Morgan fingerprint density at radius 2 is 2.04 bits per heavy atom. The standard InChI is InChI=1S/C18H18FN5O3/c1-9(2)15(16(25)22-11-4-5-21-13(19)6-11)24-17(26)14-10(3)7-20-8-12(14)23-18(24)27/h4-9,15H,1-3H3,(H,23,27)(H,21,22,25). The van der Waals surface area contributed by atoms with Crippen molar-refractivity contribution >= 4 is 22.5 Å². The number of nitrogens with one attached hydrogen (secondary N) is 2. The zero-order valence-corrected chi connectivity index (χ0v) is 15.0. The predicted molar refractivity (Wildman–Crippen MR) is 98.1 cm³/mol. The van der Waals surface area contributed by atoms with Gasteiger partial charge < -0.3 is 10.3 Å². The molecule has 2 N–H and O–H groups in total. The number of hydrogen-bond donors (Lipinski definition) is 2. The number of halogens is 1. The lowest BCUT2D eigenvalue weighted by Gasteiger charge is -2.22. The fraction of sp³-hybridized carbons (Fsp3) is 0.278. The molecule has 3 aromatic rings. The van der Waals surface area contributed by atoms with Crippen LogP contribution >= 0.6 is 0 Å². The summed E-state index contributed by atoms with van der Waals surface area (Å²) in [6.45, 7) is 5.13. The number of rotatable bonds is 4. The molecule has 140 valence electrons. The number of fused-ring (bicyclic) bond motifs is 1. The summed E-state index contributed by atoms with van der Waals surface area (Å²) in [5.41, 5.74) is -0.219. The highest BCUT2D eigenvalue weighted by Crippen LogP contribution is 2.19. The Hall–Kier alpha value is -3.36. The molecule has 3 rings (SSSR count). The molecule has 0 spiro atoms. The quantitative estimate of drug-likeness (QED) is 0.679. The van der Waals surface area contributed by atoms with Gasteiger partial charge in [0.15, 0.2) is 0 Å². The Morgan fingerprint density at radius 3 is 2.70 bits per heavy atom. The fourth-order valence-corrected chi connectivity index (χ4v) is 3.00. The van der Waals surface area contributed by atoms with Gasteiger partial charge in [-0.05, 0) is 24.5 Å². The van der Waals surface area contributed by atoms with Gasteiger partial charge in [0.05, 0.1) is 17.1 Å². The molecule has 1 unspecified atom stereocenters. The van der Waals surface area contributed by atoms with Gasteiger partial charge in [0, 0.05) is 24.1 Å². The number of amides is 1. The number of hydrogen-bond acceptors (Lipinski definition) is 5. The molecule has 0 aliphatic heterocycles. The number of aryl methyl sites for hydroxylation is 1. The van der Waals surface area contributed by atoms with Gasteiger partial charge in [-0.3, -0.25) is 14.6 Å². The summed E-state index contributed by atoms with van der Waals surface area (Å²) in [4.78, 5) is 48.3. The van der Waals surface area contributed by atoms with Gasteiger partial charge in [-0.2, -0.15) is 4.39 Å². The Morgan fingerprint density at radius 1 is 1.30 bits per heavy atom. The van der Waals surface area contributed by atoms with E-state index >= 15 is 0 Å². The van der Waals surface area contributed by atoms with E-state index in [0.29, 0.717) is 11.1 Å². The molecule has 27 heavy (non-hydrogen) atoms. The van der Waals surface area contributed by atoms with Crippen LogP contribution < -0.4 is 16.6 Å². The molecule has 0 fully saturated rings. The fourth-order valence-electron chi connectivity index (χ4n) is 3.00. The molecule has 0 aromatic carbocycles. The van der Waals surface area contributed by atoms with Crippen LogP contribution in [0.2, 0.25) is 0 Å². The van der Waals surface area contributed by atoms with Crippen LogP contribution in [0.25, 0.3) is 10.9 Å². The van der Waals surface area contributed by atoms with Crippen LogP contribution in [-0.2, 0) is 4.79 Å². The average molecular weight is 371 g/mol. The lowest BCUT2D eigenvalue weighted by molar-refractivity contribution is -0.120. The summed E-state index contributed by atoms with van der Waals surface area (Å²) >= 11 is 0. The van der Waals surface area contributed by atoms with Crippen molar-refractivity contribution in [3.05, 3.63) is 63.1 Å². The third kappa shape index (κ3) is 3.48. The van der Waals surface area contributed by atoms with Crippen molar-refractivity contribution in [3.8, 4) is 0 Å². The molecule has 0 bridgehead atoms. The van der Waals surface area contributed by atoms with Gasteiger partial charge in [-0.15, -0.1) is 0 Å². The number of H-pyrrole nitrogens is 1. The van der Waals surface area contributed by atoms with Gasteiger partial charge in [-0.1, -0.05) is 13.8 Å².